The summed E-state index contributed by atoms with van der Waals surface area (Å²) in [6.07, 6.45) is 11.6. The summed E-state index contributed by atoms with van der Waals surface area (Å²) in [5.41, 5.74) is 3.12. The molecule has 4 aromatic heterocycles. The largest absolute Gasteiger partial charge is 0.463 e. The number of hydrogen-bond acceptors (Lipinski definition) is 6. The molecule has 1 amide bonds. The molecule has 33 heavy (non-hydrogen) atoms. The molecule has 0 aromatic carbocycles. The predicted octanol–water partition coefficient (Wildman–Crippen LogP) is 4.81. The van der Waals surface area contributed by atoms with Gasteiger partial charge in [-0.1, -0.05) is 19.9 Å². The first-order chi connectivity index (χ1) is 16.1. The van der Waals surface area contributed by atoms with Crippen molar-refractivity contribution >= 4 is 5.91 Å². The molecule has 1 atom stereocenters. The fourth-order valence-corrected chi connectivity index (χ4v) is 4.50. The topological polar surface area (TPSA) is 89.9 Å². The van der Waals surface area contributed by atoms with Gasteiger partial charge in [-0.2, -0.15) is 5.10 Å². The van der Waals surface area contributed by atoms with Crippen LogP contribution >= 0.6 is 0 Å². The van der Waals surface area contributed by atoms with Crippen LogP contribution in [-0.2, 0) is 0 Å². The summed E-state index contributed by atoms with van der Waals surface area (Å²) in [7, 11) is 0. The molecule has 0 unspecified atom stereocenters. The second-order valence-electron chi connectivity index (χ2n) is 8.53. The van der Waals surface area contributed by atoms with Crippen molar-refractivity contribution in [2.45, 2.75) is 45.1 Å². The van der Waals surface area contributed by atoms with Crippen LogP contribution in [-0.4, -0.2) is 42.1 Å². The summed E-state index contributed by atoms with van der Waals surface area (Å²) in [6, 6.07) is 9.44. The molecule has 8 heteroatoms. The van der Waals surface area contributed by atoms with Gasteiger partial charge in [0.2, 0.25) is 0 Å². The third-order valence-corrected chi connectivity index (χ3v) is 6.02. The number of likely N-dealkylation sites (tertiary alicyclic amines) is 1. The maximum Gasteiger partial charge on any atom is 0.257 e. The van der Waals surface area contributed by atoms with Gasteiger partial charge < -0.3 is 9.32 Å². The van der Waals surface area contributed by atoms with Crippen LogP contribution in [0, 0.1) is 0 Å². The molecule has 1 aliphatic heterocycles. The van der Waals surface area contributed by atoms with E-state index < -0.39 is 0 Å². The molecule has 1 aliphatic rings. The Labute approximate surface area is 192 Å². The first-order valence-electron chi connectivity index (χ1n) is 11.3. The van der Waals surface area contributed by atoms with Gasteiger partial charge >= 0.3 is 0 Å². The number of hydrogen-bond donors (Lipinski definition) is 0. The molecule has 1 fully saturated rings. The fraction of sp³-hybridized carbons (Fsp3) is 0.320. The van der Waals surface area contributed by atoms with Crippen molar-refractivity contribution in [1.29, 1.82) is 0 Å². The number of pyridine rings is 1. The van der Waals surface area contributed by atoms with Gasteiger partial charge in [0.1, 0.15) is 5.69 Å². The molecule has 5 heterocycles. The average molecular weight is 443 g/mol. The van der Waals surface area contributed by atoms with Crippen molar-refractivity contribution in [3.8, 4) is 17.4 Å². The number of piperidine rings is 1. The quantitative estimate of drug-likeness (QED) is 0.441. The standard InChI is InChI=1S/C25H26N6O2/c1-17(2)23-19(24(32)30-13-4-3-8-21(30)18-7-5-11-26-15-18)16-28-31(23)25-27-12-10-20(29-25)22-9-6-14-33-22/h5-7,9-12,14-17,21H,3-4,8,13H2,1-2H3/t21-/m0/s1. The van der Waals surface area contributed by atoms with Crippen LogP contribution < -0.4 is 0 Å². The lowest BCUT2D eigenvalue weighted by Gasteiger charge is -2.36. The van der Waals surface area contributed by atoms with E-state index in [1.165, 1.54) is 0 Å². The Bertz CT molecular complexity index is 1230. The summed E-state index contributed by atoms with van der Waals surface area (Å²) in [5, 5.41) is 4.54. The third kappa shape index (κ3) is 4.04. The lowest BCUT2D eigenvalue weighted by atomic mass is 9.95. The van der Waals surface area contributed by atoms with Crippen molar-refractivity contribution in [2.75, 3.05) is 6.54 Å². The predicted molar refractivity (Wildman–Crippen MR) is 123 cm³/mol. The van der Waals surface area contributed by atoms with E-state index in [9.17, 15) is 4.79 Å². The van der Waals surface area contributed by atoms with Gasteiger partial charge in [-0.25, -0.2) is 14.6 Å². The molecule has 0 radical (unpaired) electrons. The smallest absolute Gasteiger partial charge is 0.257 e. The third-order valence-electron chi connectivity index (χ3n) is 6.02. The number of nitrogens with zero attached hydrogens (tertiary/aromatic N) is 6. The Morgan fingerprint density at radius 1 is 1.12 bits per heavy atom. The zero-order chi connectivity index (χ0) is 22.8. The van der Waals surface area contributed by atoms with Crippen molar-refractivity contribution in [3.05, 3.63) is 78.2 Å². The van der Waals surface area contributed by atoms with Crippen molar-refractivity contribution in [2.24, 2.45) is 0 Å². The number of carbonyl (C=O) groups is 1. The maximum atomic E-state index is 13.8. The molecule has 0 bridgehead atoms. The zero-order valence-corrected chi connectivity index (χ0v) is 18.8. The van der Waals surface area contributed by atoms with E-state index in [1.54, 1.807) is 35.6 Å². The highest BCUT2D eigenvalue weighted by Crippen LogP contribution is 2.33. The van der Waals surface area contributed by atoms with Gasteiger partial charge in [-0.3, -0.25) is 9.78 Å². The second kappa shape index (κ2) is 8.97. The van der Waals surface area contributed by atoms with Crippen LogP contribution in [0.5, 0.6) is 0 Å². The molecular formula is C25H26N6O2. The highest BCUT2D eigenvalue weighted by atomic mass is 16.3. The van der Waals surface area contributed by atoms with Crippen LogP contribution in [0.15, 0.2) is 65.8 Å². The van der Waals surface area contributed by atoms with E-state index in [0.717, 1.165) is 30.5 Å². The highest BCUT2D eigenvalue weighted by Gasteiger charge is 2.32. The van der Waals surface area contributed by atoms with Crippen LogP contribution in [0.4, 0.5) is 0 Å². The summed E-state index contributed by atoms with van der Waals surface area (Å²) in [4.78, 5) is 29.1. The number of aromatic nitrogens is 5. The summed E-state index contributed by atoms with van der Waals surface area (Å²) >= 11 is 0. The summed E-state index contributed by atoms with van der Waals surface area (Å²) in [5.74, 6) is 1.10. The Morgan fingerprint density at radius 2 is 2.03 bits per heavy atom. The van der Waals surface area contributed by atoms with E-state index in [0.29, 0.717) is 29.5 Å². The Balaban J connectivity index is 1.52. The van der Waals surface area contributed by atoms with Gasteiger partial charge in [0.15, 0.2) is 5.76 Å². The fourth-order valence-electron chi connectivity index (χ4n) is 4.50. The minimum absolute atomic E-state index is 0.0132. The lowest BCUT2D eigenvalue weighted by Crippen LogP contribution is -2.39. The Morgan fingerprint density at radius 3 is 2.79 bits per heavy atom. The van der Waals surface area contributed by atoms with E-state index >= 15 is 0 Å². The van der Waals surface area contributed by atoms with Crippen LogP contribution in [0.1, 0.15) is 66.7 Å². The molecule has 0 saturated carbocycles. The van der Waals surface area contributed by atoms with Gasteiger partial charge in [0.05, 0.1) is 29.8 Å². The van der Waals surface area contributed by atoms with E-state index in [2.05, 4.69) is 33.9 Å². The number of amides is 1. The lowest BCUT2D eigenvalue weighted by molar-refractivity contribution is 0.0609. The van der Waals surface area contributed by atoms with Crippen molar-refractivity contribution in [3.63, 3.8) is 0 Å². The molecule has 0 aliphatic carbocycles. The molecule has 0 spiro atoms. The van der Waals surface area contributed by atoms with Crippen LogP contribution in [0.2, 0.25) is 0 Å². The molecule has 8 nitrogen and oxygen atoms in total. The molecule has 1 saturated heterocycles. The Hall–Kier alpha value is -3.81. The molecule has 5 rings (SSSR count). The average Bonchev–Trinajstić information content (AvgIpc) is 3.55. The number of furan rings is 1. The van der Waals surface area contributed by atoms with Crippen LogP contribution in [0.25, 0.3) is 17.4 Å². The molecular weight excluding hydrogens is 416 g/mol. The van der Waals surface area contributed by atoms with Crippen LogP contribution in [0.3, 0.4) is 0 Å². The van der Waals surface area contributed by atoms with Gasteiger partial charge in [0, 0.05) is 25.1 Å². The van der Waals surface area contributed by atoms with E-state index in [1.807, 2.05) is 35.4 Å². The minimum atomic E-state index is -0.0132. The monoisotopic (exact) mass is 442 g/mol. The van der Waals surface area contributed by atoms with E-state index in [4.69, 9.17) is 4.42 Å². The highest BCUT2D eigenvalue weighted by molar-refractivity contribution is 5.95. The molecule has 4 aromatic rings. The zero-order valence-electron chi connectivity index (χ0n) is 18.8. The normalized spacial score (nSPS) is 16.3. The minimum Gasteiger partial charge on any atom is -0.463 e. The number of rotatable bonds is 5. The van der Waals surface area contributed by atoms with Gasteiger partial charge in [-0.15, -0.1) is 0 Å². The Kier molecular flexibility index (Phi) is 5.73. The van der Waals surface area contributed by atoms with Gasteiger partial charge in [0.25, 0.3) is 11.9 Å². The van der Waals surface area contributed by atoms with Crippen molar-refractivity contribution < 1.29 is 9.21 Å². The van der Waals surface area contributed by atoms with E-state index in [-0.39, 0.29) is 17.9 Å². The molecule has 0 N–H and O–H groups in total. The van der Waals surface area contributed by atoms with Gasteiger partial charge in [-0.05, 0) is 55.0 Å². The number of carbonyl (C=O) groups excluding carboxylic acids is 1. The molecule has 168 valence electrons. The summed E-state index contributed by atoms with van der Waals surface area (Å²) < 4.78 is 7.15. The maximum absolute atomic E-state index is 13.8. The SMILES string of the molecule is CC(C)c1c(C(=O)N2CCCC[C@H]2c2cccnc2)cnn1-c1nccc(-c2ccco2)n1. The van der Waals surface area contributed by atoms with Crippen molar-refractivity contribution in [1.82, 2.24) is 29.6 Å². The summed E-state index contributed by atoms with van der Waals surface area (Å²) in [6.45, 7) is 4.82. The first kappa shape index (κ1) is 21.1. The first-order valence-corrected chi connectivity index (χ1v) is 11.3. The second-order valence-corrected chi connectivity index (χ2v) is 8.53.